The summed E-state index contributed by atoms with van der Waals surface area (Å²) in [4.78, 5) is 99.8. The van der Waals surface area contributed by atoms with Gasteiger partial charge in [0.15, 0.2) is 54.5 Å². The maximum Gasteiger partial charge on any atom is 0.472 e. The van der Waals surface area contributed by atoms with Crippen LogP contribution in [0.2, 0.25) is 0 Å². The average molecular weight is 1220 g/mol. The summed E-state index contributed by atoms with van der Waals surface area (Å²) in [6.45, 7) is -4.39. The van der Waals surface area contributed by atoms with Crippen molar-refractivity contribution in [1.29, 1.82) is 0 Å². The number of hydrogen-bond acceptors (Lipinski definition) is 34. The molecule has 6 aliphatic heterocycles. The van der Waals surface area contributed by atoms with Crippen LogP contribution in [0.4, 0.5) is 17.5 Å². The quantitative estimate of drug-likeness (QED) is 0.0366. The van der Waals surface area contributed by atoms with E-state index in [0.29, 0.717) is 9.13 Å². The molecule has 0 aromatic carbocycles. The highest BCUT2D eigenvalue weighted by Gasteiger charge is 2.56. The largest absolute Gasteiger partial charge is 0.472 e. The van der Waals surface area contributed by atoms with E-state index in [2.05, 4.69) is 40.2 Å². The van der Waals surface area contributed by atoms with Crippen LogP contribution in [0.1, 0.15) is 18.7 Å². The number of anilines is 3. The van der Waals surface area contributed by atoms with E-state index in [1.807, 2.05) is 0 Å². The number of hydrogen-bond donors (Lipinski definition) is 14. The number of carbonyl (C=O) groups excluding carboxylic acids is 1. The lowest BCUT2D eigenvalue weighted by Crippen LogP contribution is -2.57. The van der Waals surface area contributed by atoms with Crippen molar-refractivity contribution in [3.05, 3.63) is 58.1 Å². The van der Waals surface area contributed by atoms with Gasteiger partial charge in [-0.1, -0.05) is 0 Å². The fourth-order valence-corrected chi connectivity index (χ4v) is 12.4. The van der Waals surface area contributed by atoms with Crippen LogP contribution in [-0.4, -0.2) is 225 Å². The van der Waals surface area contributed by atoms with Crippen molar-refractivity contribution in [2.24, 2.45) is 15.7 Å². The van der Waals surface area contributed by atoms with Crippen molar-refractivity contribution in [2.75, 3.05) is 43.6 Å². The van der Waals surface area contributed by atoms with E-state index in [-0.39, 0.29) is 34.6 Å². The van der Waals surface area contributed by atoms with E-state index in [0.717, 1.165) is 42.1 Å². The molecule has 5 unspecified atom stereocenters. The van der Waals surface area contributed by atoms with Gasteiger partial charge in [0, 0.05) is 12.4 Å². The van der Waals surface area contributed by atoms with Gasteiger partial charge in [-0.2, -0.15) is 9.97 Å². The van der Waals surface area contributed by atoms with Crippen LogP contribution in [0.15, 0.2) is 56.8 Å². The van der Waals surface area contributed by atoms with Gasteiger partial charge < -0.3 is 92.1 Å². The SMILES string of the molecule is NC1=NC2C(N=CN2[C@@H]2O[C@H](CO)[C@@H](OP(=O)(O)OC[C@H]3O[C@@H](n4ccc(N)nc4=O)[C@H](O)[C@@H]3OP(=O)(O)OC[C@H]3O[C@@H](n4ccc(N)nc4=O)[C@H](O)[C@@H]3OP(=O)(O)OC[C@H]3O[C@@H](n4cnc5c(N)ncnc54)[C@H](O)[C@@H]3O)[C@H]2O)C(=O)N1. The van der Waals surface area contributed by atoms with Gasteiger partial charge >= 0.3 is 34.8 Å². The number of aliphatic hydroxyl groups is 6. The molecule has 448 valence electrons. The monoisotopic (exact) mass is 1220 g/mol. The highest BCUT2D eigenvalue weighted by Crippen LogP contribution is 2.54. The molecule has 4 aromatic rings. The number of nitrogens with zero attached hydrogens (tertiary/aromatic N) is 11. The molecule has 44 heteroatoms. The summed E-state index contributed by atoms with van der Waals surface area (Å²) in [6, 6.07) is 1.07. The zero-order valence-electron chi connectivity index (χ0n) is 41.4. The Labute approximate surface area is 456 Å². The second kappa shape index (κ2) is 22.9. The fourth-order valence-electron chi connectivity index (χ4n) is 9.51. The summed E-state index contributed by atoms with van der Waals surface area (Å²) >= 11 is 0. The highest BCUT2D eigenvalue weighted by molar-refractivity contribution is 7.48. The Hall–Kier alpha value is -5.95. The second-order valence-corrected chi connectivity index (χ2v) is 22.9. The fraction of sp³-hybridized carbons (Fsp3) is 0.579. The van der Waals surface area contributed by atoms with Crippen molar-refractivity contribution >= 4 is 70.3 Å². The molecule has 0 saturated carbocycles. The number of ether oxygens (including phenoxy) is 4. The molecule has 6 aliphatic rings. The summed E-state index contributed by atoms with van der Waals surface area (Å²) in [5, 5.41) is 68.5. The number of guanidine groups is 1. The molecular weight excluding hydrogens is 1170 g/mol. The number of amides is 1. The van der Waals surface area contributed by atoms with Crippen LogP contribution in [0.5, 0.6) is 0 Å². The van der Waals surface area contributed by atoms with Crippen molar-refractivity contribution < 1.29 is 110 Å². The standard InChI is InChI=1S/C38H51N16O25P3/c39-16-1-3-51(37(62)47-16)33-23(59)26(78-80(64,65)70-6-13-20(56)21(57)32(74-13)53-10-45-18-28(41)43-9-44-29(18)53)15(76-33)8-72-82(68,69)79-27-14(75-34(24(27)60)52-4-2-17(40)48-38(52)63)7-71-81(66,67)77-25-12(5-55)73-35(22(25)58)54-11-46-19-30(54)49-36(42)50-31(19)61/h1-4,9-15,19-27,30,32-35,55-60H,5-8H2,(H,64,65)(H,66,67)(H,68,69)(H2,39,47,62)(H2,40,48,63)(H2,41,43,44)(H3,42,49,50,61)/t12-,13-,14-,15-,19?,20-,21-,22-,23-,24-,25-,26-,27-,30?,32-,33-,34-,35-/m1/s1. The number of carbonyl (C=O) groups is 1. The Bertz CT molecular complexity index is 3400. The van der Waals surface area contributed by atoms with Gasteiger partial charge in [-0.15, -0.1) is 0 Å². The van der Waals surface area contributed by atoms with Crippen LogP contribution in [-0.2, 0) is 64.6 Å². The number of aliphatic imine (C=N–C) groups is 2. The zero-order valence-corrected chi connectivity index (χ0v) is 44.1. The van der Waals surface area contributed by atoms with Crippen LogP contribution in [0.25, 0.3) is 11.2 Å². The van der Waals surface area contributed by atoms with Crippen LogP contribution in [0, 0.1) is 0 Å². The Morgan fingerprint density at radius 2 is 1.09 bits per heavy atom. The second-order valence-electron chi connectivity index (χ2n) is 18.6. The molecular formula is C38H51N16O25P3. The molecule has 4 fully saturated rings. The maximum atomic E-state index is 13.9. The third-order valence-corrected chi connectivity index (χ3v) is 16.3. The van der Waals surface area contributed by atoms with Gasteiger partial charge in [0.05, 0.1) is 39.1 Å². The third-order valence-electron chi connectivity index (χ3n) is 13.4. The molecule has 1 amide bonds. The van der Waals surface area contributed by atoms with Crippen molar-refractivity contribution in [3.63, 3.8) is 0 Å². The number of fused-ring (bicyclic) bond motifs is 2. The normalized spacial score (nSPS) is 35.8. The number of nitrogen functional groups attached to an aromatic ring is 3. The first kappa shape index (κ1) is 59.2. The first-order valence-corrected chi connectivity index (χ1v) is 28.4. The minimum Gasteiger partial charge on any atom is -0.394 e. The molecule has 21 atom stereocenters. The van der Waals surface area contributed by atoms with Crippen LogP contribution in [0.3, 0.4) is 0 Å². The number of nitrogens with one attached hydrogen (secondary N) is 1. The topological polar surface area (TPSA) is 600 Å². The van der Waals surface area contributed by atoms with E-state index >= 15 is 0 Å². The predicted molar refractivity (Wildman–Crippen MR) is 263 cm³/mol. The van der Waals surface area contributed by atoms with Crippen LogP contribution >= 0.6 is 23.5 Å². The lowest BCUT2D eigenvalue weighted by Gasteiger charge is -2.32. The number of phosphoric ester groups is 3. The minimum absolute atomic E-state index is 0.0168. The Morgan fingerprint density at radius 1 is 0.610 bits per heavy atom. The molecule has 0 aliphatic carbocycles. The Morgan fingerprint density at radius 3 is 1.61 bits per heavy atom. The summed E-state index contributed by atoms with van der Waals surface area (Å²) in [5.74, 6) is -1.50. The molecule has 0 spiro atoms. The van der Waals surface area contributed by atoms with E-state index in [4.69, 9.17) is 69.0 Å². The number of aromatic nitrogens is 8. The molecule has 0 radical (unpaired) electrons. The average Bonchev–Trinajstić information content (AvgIpc) is 4.48. The molecule has 4 aromatic heterocycles. The molecule has 0 bridgehead atoms. The Balaban J connectivity index is 0.832. The molecule has 4 saturated heterocycles. The summed E-state index contributed by atoms with van der Waals surface area (Å²) < 4.78 is 97.9. The maximum absolute atomic E-state index is 13.9. The Kier molecular flexibility index (Phi) is 16.5. The van der Waals surface area contributed by atoms with Gasteiger partial charge in [-0.3, -0.25) is 55.9 Å². The van der Waals surface area contributed by atoms with Crippen molar-refractivity contribution in [3.8, 4) is 0 Å². The van der Waals surface area contributed by atoms with E-state index < -0.39 is 178 Å². The van der Waals surface area contributed by atoms with Gasteiger partial charge in [-0.25, -0.2) is 43.2 Å². The summed E-state index contributed by atoms with van der Waals surface area (Å²) in [5.41, 5.74) is 20.7. The number of imidazole rings is 1. The van der Waals surface area contributed by atoms with E-state index in [1.54, 1.807) is 0 Å². The lowest BCUT2D eigenvalue weighted by atomic mass is 10.1. The smallest absolute Gasteiger partial charge is 0.394 e. The first-order chi connectivity index (χ1) is 38.7. The van der Waals surface area contributed by atoms with E-state index in [1.165, 1.54) is 10.9 Å². The molecule has 10 rings (SSSR count). The first-order valence-electron chi connectivity index (χ1n) is 23.9. The summed E-state index contributed by atoms with van der Waals surface area (Å²) in [6.07, 6.45) is -25.5. The van der Waals surface area contributed by atoms with E-state index in [9.17, 15) is 73.4 Å². The third kappa shape index (κ3) is 11.8. The zero-order chi connectivity index (χ0) is 58.9. The van der Waals surface area contributed by atoms with Crippen molar-refractivity contribution in [1.82, 2.24) is 48.8 Å². The number of rotatable bonds is 20. The van der Waals surface area contributed by atoms with Gasteiger partial charge in [0.2, 0.25) is 0 Å². The highest BCUT2D eigenvalue weighted by atomic mass is 31.2. The van der Waals surface area contributed by atoms with Crippen LogP contribution < -0.4 is 39.6 Å². The number of nitrogens with two attached hydrogens (primary N) is 4. The summed E-state index contributed by atoms with van der Waals surface area (Å²) in [7, 11) is -16.7. The molecule has 41 nitrogen and oxygen atoms in total. The molecule has 18 N–H and O–H groups in total. The predicted octanol–water partition coefficient (Wildman–Crippen LogP) is -7.71. The number of aliphatic hydroxyl groups excluding tert-OH is 6. The minimum atomic E-state index is -5.72. The molecule has 82 heavy (non-hydrogen) atoms. The lowest BCUT2D eigenvalue weighted by molar-refractivity contribution is -0.124. The van der Waals surface area contributed by atoms with Crippen molar-refractivity contribution in [2.45, 2.75) is 110 Å². The van der Waals surface area contributed by atoms with Gasteiger partial charge in [-0.05, 0) is 12.1 Å². The van der Waals surface area contributed by atoms with Gasteiger partial charge in [0.25, 0.3) is 5.91 Å². The number of phosphoric acid groups is 3. The molecule has 10 heterocycles. The van der Waals surface area contributed by atoms with Gasteiger partial charge in [0.1, 0.15) is 96.7 Å².